The second kappa shape index (κ2) is 7.16. The van der Waals surface area contributed by atoms with Crippen LogP contribution in [0.4, 0.5) is 22.0 Å². The fourth-order valence-corrected chi connectivity index (χ4v) is 3.62. The molecule has 0 unspecified atom stereocenters. The molecule has 0 radical (unpaired) electrons. The van der Waals surface area contributed by atoms with E-state index in [2.05, 4.69) is 15.6 Å². The van der Waals surface area contributed by atoms with E-state index in [0.717, 1.165) is 12.1 Å². The molecule has 1 saturated heterocycles. The summed E-state index contributed by atoms with van der Waals surface area (Å²) in [6.07, 6.45) is -2.57. The minimum absolute atomic E-state index is 0.0890. The normalized spacial score (nSPS) is 26.5. The molecule has 1 aromatic heterocycles. The lowest BCUT2D eigenvalue weighted by molar-refractivity contribution is -0.229. The first kappa shape index (κ1) is 19.7. The Balaban J connectivity index is 1.98. The summed E-state index contributed by atoms with van der Waals surface area (Å²) in [5.74, 6) is 0. The lowest BCUT2D eigenvalue weighted by Crippen LogP contribution is -2.49. The number of ether oxygens (including phenoxy) is 1. The molecule has 3 rings (SSSR count). The average molecular weight is 390 g/mol. The van der Waals surface area contributed by atoms with Crippen LogP contribution in [0.25, 0.3) is 0 Å². The number of rotatable bonds is 4. The van der Waals surface area contributed by atoms with Gasteiger partial charge in [-0.05, 0) is 31.0 Å². The highest BCUT2D eigenvalue weighted by molar-refractivity contribution is 5.30. The fraction of sp³-hybridized carbons (Fsp3) is 0.529. The maximum Gasteiger partial charge on any atom is 0.416 e. The number of hydrogen-bond donors (Lipinski definition) is 1. The van der Waals surface area contributed by atoms with Gasteiger partial charge in [-0.2, -0.15) is 22.0 Å². The van der Waals surface area contributed by atoms with E-state index in [4.69, 9.17) is 4.74 Å². The lowest BCUT2D eigenvalue weighted by Gasteiger charge is -2.43. The second-order valence-electron chi connectivity index (χ2n) is 6.79. The zero-order valence-electron chi connectivity index (χ0n) is 14.7. The summed E-state index contributed by atoms with van der Waals surface area (Å²) in [7, 11) is 1.68. The summed E-state index contributed by atoms with van der Waals surface area (Å²) in [5.41, 5.74) is -1.45. The molecule has 0 saturated carbocycles. The first-order valence-corrected chi connectivity index (χ1v) is 8.35. The van der Waals surface area contributed by atoms with Crippen molar-refractivity contribution in [2.24, 2.45) is 7.05 Å². The Morgan fingerprint density at radius 2 is 1.89 bits per heavy atom. The van der Waals surface area contributed by atoms with Gasteiger partial charge in [0.25, 0.3) is 0 Å². The van der Waals surface area contributed by atoms with Crippen LogP contribution in [0.3, 0.4) is 0 Å². The summed E-state index contributed by atoms with van der Waals surface area (Å²) in [6, 6.07) is 3.52. The molecule has 1 aliphatic rings. The van der Waals surface area contributed by atoms with Gasteiger partial charge in [-0.25, -0.2) is 0 Å². The SMILES string of the molecule is C[C@H]1C[C@@](OC(F)F)(c2ccc(C(F)(F)F)cc2)C[C@@H](c2cn(C)nn2)N1. The molecule has 1 aromatic carbocycles. The van der Waals surface area contributed by atoms with Crippen LogP contribution in [0.2, 0.25) is 0 Å². The molecule has 0 aliphatic carbocycles. The molecule has 27 heavy (non-hydrogen) atoms. The number of nitrogens with one attached hydrogen (secondary N) is 1. The number of hydrogen-bond acceptors (Lipinski definition) is 4. The third kappa shape index (κ3) is 4.27. The van der Waals surface area contributed by atoms with E-state index >= 15 is 0 Å². The number of alkyl halides is 5. The second-order valence-corrected chi connectivity index (χ2v) is 6.79. The molecule has 3 atom stereocenters. The van der Waals surface area contributed by atoms with Crippen LogP contribution >= 0.6 is 0 Å². The fourth-order valence-electron chi connectivity index (χ4n) is 3.62. The maximum atomic E-state index is 13.2. The molecular formula is C17H19F5N4O. The highest BCUT2D eigenvalue weighted by Gasteiger charge is 2.45. The van der Waals surface area contributed by atoms with Crippen molar-refractivity contribution in [2.75, 3.05) is 0 Å². The molecule has 0 spiro atoms. The van der Waals surface area contributed by atoms with Crippen molar-refractivity contribution in [3.8, 4) is 0 Å². The summed E-state index contributed by atoms with van der Waals surface area (Å²) >= 11 is 0. The van der Waals surface area contributed by atoms with Gasteiger partial charge in [0.1, 0.15) is 5.60 Å². The van der Waals surface area contributed by atoms with Gasteiger partial charge in [0.15, 0.2) is 0 Å². The van der Waals surface area contributed by atoms with Gasteiger partial charge in [-0.3, -0.25) is 4.68 Å². The van der Waals surface area contributed by atoms with E-state index in [9.17, 15) is 22.0 Å². The lowest BCUT2D eigenvalue weighted by atomic mass is 9.78. The van der Waals surface area contributed by atoms with Crippen molar-refractivity contribution in [2.45, 2.75) is 50.2 Å². The minimum atomic E-state index is -4.50. The van der Waals surface area contributed by atoms with E-state index in [0.29, 0.717) is 5.69 Å². The topological polar surface area (TPSA) is 52.0 Å². The van der Waals surface area contributed by atoms with Crippen LogP contribution in [0, 0.1) is 0 Å². The van der Waals surface area contributed by atoms with Gasteiger partial charge >= 0.3 is 12.8 Å². The standard InChI is InChI=1S/C17H19F5N4O/c1-10-7-16(27-15(18)19,8-13(23-10)14-9-26(2)25-24-14)11-3-5-12(6-4-11)17(20,21)22/h3-6,9-10,13,15,23H,7-8H2,1-2H3/t10-,13-,16-/m0/s1. The van der Waals surface area contributed by atoms with Crippen molar-refractivity contribution in [3.63, 3.8) is 0 Å². The van der Waals surface area contributed by atoms with Crippen molar-refractivity contribution >= 4 is 0 Å². The molecule has 10 heteroatoms. The Kier molecular flexibility index (Phi) is 5.22. The van der Waals surface area contributed by atoms with E-state index in [1.54, 1.807) is 20.2 Å². The van der Waals surface area contributed by atoms with Crippen LogP contribution in [-0.4, -0.2) is 27.6 Å². The van der Waals surface area contributed by atoms with Gasteiger partial charge in [-0.1, -0.05) is 17.3 Å². The molecule has 1 aliphatic heterocycles. The van der Waals surface area contributed by atoms with Crippen molar-refractivity contribution in [1.82, 2.24) is 20.3 Å². The molecule has 5 nitrogen and oxygen atoms in total. The number of nitrogens with zero attached hydrogens (tertiary/aromatic N) is 3. The Morgan fingerprint density at radius 1 is 1.22 bits per heavy atom. The first-order chi connectivity index (χ1) is 12.6. The van der Waals surface area contributed by atoms with E-state index in [1.807, 2.05) is 0 Å². The van der Waals surface area contributed by atoms with Gasteiger partial charge in [0, 0.05) is 25.7 Å². The smallest absolute Gasteiger partial charge is 0.311 e. The predicted molar refractivity (Wildman–Crippen MR) is 85.8 cm³/mol. The van der Waals surface area contributed by atoms with Gasteiger partial charge < -0.3 is 10.1 Å². The summed E-state index contributed by atoms with van der Waals surface area (Å²) in [6.45, 7) is -1.27. The average Bonchev–Trinajstić information content (AvgIpc) is 2.99. The molecule has 148 valence electrons. The predicted octanol–water partition coefficient (Wildman–Crippen LogP) is 3.78. The number of aromatic nitrogens is 3. The van der Waals surface area contributed by atoms with Crippen molar-refractivity contribution in [1.29, 1.82) is 0 Å². The zero-order chi connectivity index (χ0) is 19.8. The quantitative estimate of drug-likeness (QED) is 0.808. The third-order valence-corrected chi connectivity index (χ3v) is 4.69. The maximum absolute atomic E-state index is 13.2. The molecule has 2 heterocycles. The number of benzene rings is 1. The Morgan fingerprint density at radius 3 is 2.41 bits per heavy atom. The van der Waals surface area contributed by atoms with E-state index in [-0.39, 0.29) is 24.4 Å². The van der Waals surface area contributed by atoms with Crippen LogP contribution in [0.1, 0.15) is 42.6 Å². The highest BCUT2D eigenvalue weighted by Crippen LogP contribution is 2.44. The zero-order valence-corrected chi connectivity index (χ0v) is 14.7. The number of halogens is 5. The van der Waals surface area contributed by atoms with Gasteiger partial charge in [-0.15, -0.1) is 5.10 Å². The summed E-state index contributed by atoms with van der Waals surface area (Å²) in [4.78, 5) is 0. The molecule has 1 fully saturated rings. The van der Waals surface area contributed by atoms with Crippen LogP contribution in [-0.2, 0) is 23.6 Å². The Labute approximate surface area is 152 Å². The van der Waals surface area contributed by atoms with Crippen molar-refractivity contribution < 1.29 is 26.7 Å². The summed E-state index contributed by atoms with van der Waals surface area (Å²) in [5, 5.41) is 11.1. The highest BCUT2D eigenvalue weighted by atomic mass is 19.4. The molecule has 2 aromatic rings. The van der Waals surface area contributed by atoms with Gasteiger partial charge in [0.2, 0.25) is 0 Å². The molecule has 0 bridgehead atoms. The Hall–Kier alpha value is -2.07. The number of aryl methyl sites for hydroxylation is 1. The molecule has 1 N–H and O–H groups in total. The van der Waals surface area contributed by atoms with Gasteiger partial charge in [0.05, 0.1) is 17.3 Å². The Bertz CT molecular complexity index is 772. The van der Waals surface area contributed by atoms with Crippen LogP contribution in [0.5, 0.6) is 0 Å². The monoisotopic (exact) mass is 390 g/mol. The molecular weight excluding hydrogens is 371 g/mol. The third-order valence-electron chi connectivity index (χ3n) is 4.69. The van der Waals surface area contributed by atoms with Crippen molar-refractivity contribution in [3.05, 3.63) is 47.3 Å². The van der Waals surface area contributed by atoms with Crippen LogP contribution < -0.4 is 5.32 Å². The molecule has 0 amide bonds. The van der Waals surface area contributed by atoms with E-state index < -0.39 is 30.0 Å². The minimum Gasteiger partial charge on any atom is -0.311 e. The van der Waals surface area contributed by atoms with Crippen LogP contribution in [0.15, 0.2) is 30.5 Å². The first-order valence-electron chi connectivity index (χ1n) is 8.35. The number of piperidine rings is 1. The van der Waals surface area contributed by atoms with E-state index in [1.165, 1.54) is 16.8 Å². The largest absolute Gasteiger partial charge is 0.416 e. The summed E-state index contributed by atoms with van der Waals surface area (Å²) < 4.78 is 71.5.